The summed E-state index contributed by atoms with van der Waals surface area (Å²) in [7, 11) is 3.45. The molecule has 0 fully saturated rings. The van der Waals surface area contributed by atoms with Crippen molar-refractivity contribution in [3.05, 3.63) is 0 Å². The molecule has 0 saturated carbocycles. The molecule has 0 bridgehead atoms. The van der Waals surface area contributed by atoms with E-state index in [4.69, 9.17) is 9.47 Å². The molecule has 0 heterocycles. The number of hydrogen-bond donors (Lipinski definition) is 1. The van der Waals surface area contributed by atoms with Crippen molar-refractivity contribution in [2.45, 2.75) is 38.8 Å². The first-order valence-electron chi connectivity index (χ1n) is 4.76. The minimum absolute atomic E-state index is 0.157. The molecule has 0 aliphatic carbocycles. The smallest absolute Gasteiger partial charge is 0.0717 e. The summed E-state index contributed by atoms with van der Waals surface area (Å²) < 4.78 is 10.3. The number of nitrogens with one attached hydrogen (secondary N) is 1. The van der Waals surface area contributed by atoms with Gasteiger partial charge < -0.3 is 14.8 Å². The maximum atomic E-state index is 5.31. The Morgan fingerprint density at radius 3 is 2.23 bits per heavy atom. The van der Waals surface area contributed by atoms with Crippen LogP contribution >= 0.6 is 0 Å². The van der Waals surface area contributed by atoms with Gasteiger partial charge in [-0.2, -0.15) is 0 Å². The molecule has 3 nitrogen and oxygen atoms in total. The summed E-state index contributed by atoms with van der Waals surface area (Å²) in [6.07, 6.45) is 1.19. The second kappa shape index (κ2) is 6.35. The molecule has 0 aliphatic heterocycles. The van der Waals surface area contributed by atoms with Crippen LogP contribution in [0.3, 0.4) is 0 Å². The van der Waals surface area contributed by atoms with Crippen LogP contribution in [0.5, 0.6) is 0 Å². The third-order valence-electron chi connectivity index (χ3n) is 1.84. The van der Waals surface area contributed by atoms with Crippen LogP contribution in [-0.4, -0.2) is 39.0 Å². The third kappa shape index (κ3) is 8.22. The normalized spacial score (nSPS) is 14.5. The Kier molecular flexibility index (Phi) is 6.29. The highest BCUT2D eigenvalue weighted by Gasteiger charge is 2.13. The molecule has 1 unspecified atom stereocenters. The van der Waals surface area contributed by atoms with E-state index in [1.165, 1.54) is 0 Å². The van der Waals surface area contributed by atoms with Gasteiger partial charge in [-0.15, -0.1) is 0 Å². The van der Waals surface area contributed by atoms with Gasteiger partial charge in [-0.1, -0.05) is 0 Å². The van der Waals surface area contributed by atoms with Gasteiger partial charge in [-0.3, -0.25) is 0 Å². The van der Waals surface area contributed by atoms with E-state index in [-0.39, 0.29) is 11.6 Å². The lowest BCUT2D eigenvalue weighted by molar-refractivity contribution is 0.0620. The monoisotopic (exact) mass is 189 g/mol. The van der Waals surface area contributed by atoms with Crippen molar-refractivity contribution < 1.29 is 9.47 Å². The Morgan fingerprint density at radius 2 is 1.85 bits per heavy atom. The maximum absolute atomic E-state index is 5.31. The number of hydrogen-bond acceptors (Lipinski definition) is 3. The average Bonchev–Trinajstić information content (AvgIpc) is 2.03. The van der Waals surface area contributed by atoms with Crippen molar-refractivity contribution in [1.82, 2.24) is 5.32 Å². The molecule has 3 heteroatoms. The van der Waals surface area contributed by atoms with Crippen LogP contribution in [0.4, 0.5) is 0 Å². The van der Waals surface area contributed by atoms with Gasteiger partial charge in [-0.05, 0) is 27.2 Å². The number of rotatable bonds is 6. The fourth-order valence-corrected chi connectivity index (χ4v) is 0.973. The molecule has 0 aromatic heterocycles. The zero-order chi connectivity index (χ0) is 10.3. The average molecular weight is 189 g/mol. The van der Waals surface area contributed by atoms with Gasteiger partial charge in [0.15, 0.2) is 0 Å². The summed E-state index contributed by atoms with van der Waals surface area (Å²) in [5.41, 5.74) is 0.157. The molecular weight excluding hydrogens is 166 g/mol. The molecule has 13 heavy (non-hydrogen) atoms. The first-order chi connectivity index (χ1) is 5.99. The largest absolute Gasteiger partial charge is 0.385 e. The summed E-state index contributed by atoms with van der Waals surface area (Å²) in [4.78, 5) is 0. The molecule has 0 aromatic carbocycles. The summed E-state index contributed by atoms with van der Waals surface area (Å²) in [6, 6.07) is 0. The predicted molar refractivity (Wildman–Crippen MR) is 55.0 cm³/mol. The molecule has 0 amide bonds. The second-order valence-corrected chi connectivity index (χ2v) is 4.27. The minimum atomic E-state index is 0.157. The molecule has 0 aliphatic rings. The van der Waals surface area contributed by atoms with Crippen LogP contribution < -0.4 is 5.32 Å². The second-order valence-electron chi connectivity index (χ2n) is 4.27. The number of ether oxygens (including phenoxy) is 2. The zero-order valence-corrected chi connectivity index (χ0v) is 9.52. The Bertz CT molecular complexity index is 121. The van der Waals surface area contributed by atoms with Crippen molar-refractivity contribution in [3.8, 4) is 0 Å². The van der Waals surface area contributed by atoms with Crippen LogP contribution in [0.15, 0.2) is 0 Å². The number of methoxy groups -OCH3 is 2. The lowest BCUT2D eigenvalue weighted by Crippen LogP contribution is -2.41. The Balaban J connectivity index is 3.59. The fourth-order valence-electron chi connectivity index (χ4n) is 0.973. The van der Waals surface area contributed by atoms with Crippen LogP contribution in [0.25, 0.3) is 0 Å². The highest BCUT2D eigenvalue weighted by Crippen LogP contribution is 2.02. The lowest BCUT2D eigenvalue weighted by Gasteiger charge is -2.24. The SMILES string of the molecule is COCCC(CNC(C)(C)C)OC. The summed E-state index contributed by atoms with van der Waals surface area (Å²) in [5.74, 6) is 0. The van der Waals surface area contributed by atoms with Crippen molar-refractivity contribution in [2.75, 3.05) is 27.4 Å². The van der Waals surface area contributed by atoms with Crippen molar-refractivity contribution in [1.29, 1.82) is 0 Å². The van der Waals surface area contributed by atoms with E-state index >= 15 is 0 Å². The molecular formula is C10H23NO2. The Morgan fingerprint density at radius 1 is 1.23 bits per heavy atom. The van der Waals surface area contributed by atoms with Crippen LogP contribution in [0.1, 0.15) is 27.2 Å². The van der Waals surface area contributed by atoms with Crippen LogP contribution in [-0.2, 0) is 9.47 Å². The van der Waals surface area contributed by atoms with Gasteiger partial charge in [0.05, 0.1) is 6.10 Å². The van der Waals surface area contributed by atoms with Gasteiger partial charge in [0.25, 0.3) is 0 Å². The molecule has 0 radical (unpaired) electrons. The van der Waals surface area contributed by atoms with Gasteiger partial charge in [0, 0.05) is 32.9 Å². The van der Waals surface area contributed by atoms with Gasteiger partial charge >= 0.3 is 0 Å². The van der Waals surface area contributed by atoms with Crippen molar-refractivity contribution in [3.63, 3.8) is 0 Å². The fraction of sp³-hybridized carbons (Fsp3) is 1.00. The Hall–Kier alpha value is -0.120. The molecule has 1 N–H and O–H groups in total. The predicted octanol–water partition coefficient (Wildman–Crippen LogP) is 1.43. The summed E-state index contributed by atoms with van der Waals surface area (Å²) in [5, 5.41) is 3.40. The molecule has 0 aromatic rings. The maximum Gasteiger partial charge on any atom is 0.0717 e. The van der Waals surface area contributed by atoms with E-state index in [9.17, 15) is 0 Å². The highest BCUT2D eigenvalue weighted by molar-refractivity contribution is 4.73. The summed E-state index contributed by atoms with van der Waals surface area (Å²) >= 11 is 0. The third-order valence-corrected chi connectivity index (χ3v) is 1.84. The summed E-state index contributed by atoms with van der Waals surface area (Å²) in [6.45, 7) is 8.08. The van der Waals surface area contributed by atoms with Crippen LogP contribution in [0.2, 0.25) is 0 Å². The molecule has 0 spiro atoms. The highest BCUT2D eigenvalue weighted by atomic mass is 16.5. The van der Waals surface area contributed by atoms with Crippen molar-refractivity contribution in [2.24, 2.45) is 0 Å². The van der Waals surface area contributed by atoms with E-state index in [1.54, 1.807) is 14.2 Å². The van der Waals surface area contributed by atoms with Crippen molar-refractivity contribution >= 4 is 0 Å². The molecule has 80 valence electrons. The lowest BCUT2D eigenvalue weighted by atomic mass is 10.1. The van der Waals surface area contributed by atoms with Gasteiger partial charge in [-0.25, -0.2) is 0 Å². The van der Waals surface area contributed by atoms with E-state index in [1.807, 2.05) is 0 Å². The first kappa shape index (κ1) is 12.9. The Labute approximate surface area is 81.8 Å². The van der Waals surface area contributed by atoms with Gasteiger partial charge in [0.1, 0.15) is 0 Å². The van der Waals surface area contributed by atoms with E-state index < -0.39 is 0 Å². The quantitative estimate of drug-likeness (QED) is 0.685. The van der Waals surface area contributed by atoms with E-state index in [0.717, 1.165) is 19.6 Å². The molecule has 1 atom stereocenters. The first-order valence-corrected chi connectivity index (χ1v) is 4.76. The zero-order valence-electron chi connectivity index (χ0n) is 9.52. The van der Waals surface area contributed by atoms with E-state index in [2.05, 4.69) is 26.1 Å². The molecule has 0 rings (SSSR count). The topological polar surface area (TPSA) is 30.5 Å². The van der Waals surface area contributed by atoms with E-state index in [0.29, 0.717) is 0 Å². The minimum Gasteiger partial charge on any atom is -0.385 e. The van der Waals surface area contributed by atoms with Crippen LogP contribution in [0, 0.1) is 0 Å². The van der Waals surface area contributed by atoms with Gasteiger partial charge in [0.2, 0.25) is 0 Å². The molecule has 0 saturated heterocycles. The standard InChI is InChI=1S/C10H23NO2/c1-10(2,3)11-8-9(13-5)6-7-12-4/h9,11H,6-8H2,1-5H3.